The van der Waals surface area contributed by atoms with Gasteiger partial charge >= 0.3 is 5.95 Å². The molecule has 5 N–H and O–H groups in total. The van der Waals surface area contributed by atoms with E-state index < -0.39 is 0 Å². The molecule has 1 aromatic heterocycles. The van der Waals surface area contributed by atoms with Crippen molar-refractivity contribution in [3.8, 4) is 17.6 Å². The Hall–Kier alpha value is -3.99. The van der Waals surface area contributed by atoms with E-state index in [-0.39, 0.29) is 0 Å². The number of nitrogens with one attached hydrogen (secondary N) is 3. The molecule has 0 fully saturated rings. The number of hydrogen-bond acceptors (Lipinski definition) is 7. The van der Waals surface area contributed by atoms with Crippen LogP contribution in [-0.4, -0.2) is 19.2 Å². The quantitative estimate of drug-likeness (QED) is 0.616. The highest BCUT2D eigenvalue weighted by molar-refractivity contribution is 5.70. The summed E-state index contributed by atoms with van der Waals surface area (Å²) in [6, 6.07) is 14.6. The van der Waals surface area contributed by atoms with E-state index in [1.807, 2.05) is 18.2 Å². The smallest absolute Gasteiger partial charge is 0.396 e. The first-order chi connectivity index (χ1) is 13.1. The Kier molecular flexibility index (Phi) is 5.23. The molecule has 0 amide bonds. The van der Waals surface area contributed by atoms with Gasteiger partial charge in [0.05, 0.1) is 32.0 Å². The van der Waals surface area contributed by atoms with Crippen LogP contribution in [0.25, 0.3) is 0 Å². The van der Waals surface area contributed by atoms with Crippen LogP contribution in [0, 0.1) is 11.3 Å². The number of ether oxygens (including phenoxy) is 2. The highest BCUT2D eigenvalue weighted by atomic mass is 16.5. The van der Waals surface area contributed by atoms with Crippen molar-refractivity contribution >= 4 is 28.8 Å². The summed E-state index contributed by atoms with van der Waals surface area (Å²) in [4.78, 5) is 7.44. The van der Waals surface area contributed by atoms with Crippen molar-refractivity contribution in [2.24, 2.45) is 0 Å². The van der Waals surface area contributed by atoms with Gasteiger partial charge in [0, 0.05) is 23.9 Å². The molecule has 0 aliphatic rings. The van der Waals surface area contributed by atoms with Crippen LogP contribution in [0.15, 0.2) is 48.7 Å². The van der Waals surface area contributed by atoms with Crippen LogP contribution < -0.4 is 30.8 Å². The van der Waals surface area contributed by atoms with Gasteiger partial charge in [0.1, 0.15) is 22.9 Å². The number of hydrogen-bond donors (Lipinski definition) is 3. The second-order valence-electron chi connectivity index (χ2n) is 5.60. The second-order valence-corrected chi connectivity index (χ2v) is 5.60. The van der Waals surface area contributed by atoms with E-state index >= 15 is 0 Å². The number of nitriles is 1. The first-order valence-electron chi connectivity index (χ1n) is 8.07. The monoisotopic (exact) mass is 363 g/mol. The maximum atomic E-state index is 9.01. The Balaban J connectivity index is 1.86. The minimum atomic E-state index is 0.438. The molecule has 0 aliphatic heterocycles. The number of anilines is 5. The molecule has 0 bridgehead atoms. The van der Waals surface area contributed by atoms with Crippen LogP contribution in [-0.2, 0) is 0 Å². The topological polar surface area (TPSA) is 119 Å². The lowest BCUT2D eigenvalue weighted by Crippen LogP contribution is -2.15. The molecule has 1 heterocycles. The van der Waals surface area contributed by atoms with Crippen LogP contribution in [0.1, 0.15) is 5.56 Å². The van der Waals surface area contributed by atoms with Gasteiger partial charge in [0.15, 0.2) is 0 Å². The lowest BCUT2D eigenvalue weighted by molar-refractivity contribution is -0.363. The molecule has 136 valence electrons. The van der Waals surface area contributed by atoms with Crippen molar-refractivity contribution in [3.63, 3.8) is 0 Å². The van der Waals surface area contributed by atoms with Gasteiger partial charge in [-0.25, -0.2) is 10.3 Å². The Morgan fingerprint density at radius 3 is 2.44 bits per heavy atom. The fourth-order valence-electron chi connectivity index (χ4n) is 2.41. The van der Waals surface area contributed by atoms with Crippen LogP contribution in [0.2, 0.25) is 0 Å². The molecule has 0 aliphatic carbocycles. The Labute approximate surface area is 156 Å². The number of nitrogens with zero attached hydrogens (tertiary/aromatic N) is 2. The van der Waals surface area contributed by atoms with Crippen molar-refractivity contribution in [3.05, 3.63) is 54.2 Å². The minimum absolute atomic E-state index is 0.438. The molecule has 0 radical (unpaired) electrons. The van der Waals surface area contributed by atoms with E-state index in [9.17, 15) is 0 Å². The van der Waals surface area contributed by atoms with Crippen molar-refractivity contribution in [2.75, 3.05) is 30.6 Å². The van der Waals surface area contributed by atoms with Gasteiger partial charge in [-0.3, -0.25) is 0 Å². The molecule has 0 saturated carbocycles. The third-order valence-corrected chi connectivity index (χ3v) is 3.73. The fraction of sp³-hybridized carbons (Fsp3) is 0.105. The van der Waals surface area contributed by atoms with E-state index in [4.69, 9.17) is 20.5 Å². The summed E-state index contributed by atoms with van der Waals surface area (Å²) < 4.78 is 10.5. The molecule has 27 heavy (non-hydrogen) atoms. The van der Waals surface area contributed by atoms with Crippen LogP contribution >= 0.6 is 0 Å². The molecule has 8 heteroatoms. The number of nitrogens with two attached hydrogens (primary N) is 1. The van der Waals surface area contributed by atoms with E-state index in [0.717, 1.165) is 5.69 Å². The minimum Gasteiger partial charge on any atom is -0.497 e. The predicted molar refractivity (Wildman–Crippen MR) is 102 cm³/mol. The van der Waals surface area contributed by atoms with Crippen molar-refractivity contribution in [2.45, 2.75) is 0 Å². The lowest BCUT2D eigenvalue weighted by Gasteiger charge is -2.10. The lowest BCUT2D eigenvalue weighted by atomic mass is 10.2. The standard InChI is InChI=1S/C19H18N6O2/c1-26-15-7-14(8-16(9-15)27-2)23-18-17(21)11-22-19(25-18)24-13-5-3-4-12(6-13)10-20/h3-9,11H,21H2,1-2H3,(H2,22,23,24,25)/p+1. The van der Waals surface area contributed by atoms with Gasteiger partial charge in [-0.1, -0.05) is 11.1 Å². The molecule has 3 rings (SSSR count). The van der Waals surface area contributed by atoms with Gasteiger partial charge in [-0.05, 0) is 18.2 Å². The van der Waals surface area contributed by atoms with Gasteiger partial charge in [0.2, 0.25) is 5.82 Å². The van der Waals surface area contributed by atoms with Gasteiger partial charge in [-0.15, -0.1) is 0 Å². The summed E-state index contributed by atoms with van der Waals surface area (Å²) in [5.41, 5.74) is 8.47. The van der Waals surface area contributed by atoms with Crippen molar-refractivity contribution < 1.29 is 14.5 Å². The average Bonchev–Trinajstić information content (AvgIpc) is 2.70. The zero-order chi connectivity index (χ0) is 19.2. The summed E-state index contributed by atoms with van der Waals surface area (Å²) >= 11 is 0. The van der Waals surface area contributed by atoms with Gasteiger partial charge in [-0.2, -0.15) is 5.26 Å². The summed E-state index contributed by atoms with van der Waals surface area (Å²) in [7, 11) is 3.17. The fourth-order valence-corrected chi connectivity index (χ4v) is 2.41. The number of benzene rings is 2. The van der Waals surface area contributed by atoms with E-state index in [1.165, 1.54) is 0 Å². The Morgan fingerprint density at radius 2 is 1.78 bits per heavy atom. The molecule has 0 atom stereocenters. The van der Waals surface area contributed by atoms with Crippen molar-refractivity contribution in [1.82, 2.24) is 4.98 Å². The summed E-state index contributed by atoms with van der Waals surface area (Å²) in [5.74, 6) is 2.22. The third-order valence-electron chi connectivity index (χ3n) is 3.73. The average molecular weight is 363 g/mol. The zero-order valence-electron chi connectivity index (χ0n) is 14.9. The molecule has 0 saturated heterocycles. The number of aromatic amines is 1. The molecule has 0 unspecified atom stereocenters. The van der Waals surface area contributed by atoms with Crippen LogP contribution in [0.3, 0.4) is 0 Å². The predicted octanol–water partition coefficient (Wildman–Crippen LogP) is 2.85. The maximum absolute atomic E-state index is 9.01. The normalized spacial score (nSPS) is 9.96. The highest BCUT2D eigenvalue weighted by Gasteiger charge is 2.14. The third kappa shape index (κ3) is 4.35. The molecule has 8 nitrogen and oxygen atoms in total. The van der Waals surface area contributed by atoms with Crippen LogP contribution in [0.4, 0.5) is 28.8 Å². The summed E-state index contributed by atoms with van der Waals surface area (Å²) in [6.07, 6.45) is 1.63. The second kappa shape index (κ2) is 7.93. The molecule has 0 spiro atoms. The highest BCUT2D eigenvalue weighted by Crippen LogP contribution is 2.29. The Morgan fingerprint density at radius 1 is 1.04 bits per heavy atom. The number of H-pyrrole nitrogens is 1. The van der Waals surface area contributed by atoms with Crippen LogP contribution in [0.5, 0.6) is 11.5 Å². The summed E-state index contributed by atoms with van der Waals surface area (Å²) in [6.45, 7) is 0. The number of rotatable bonds is 6. The number of aromatic nitrogens is 2. The van der Waals surface area contributed by atoms with Crippen molar-refractivity contribution in [1.29, 1.82) is 5.26 Å². The Bertz CT molecular complexity index is 977. The van der Waals surface area contributed by atoms with E-state index in [1.54, 1.807) is 44.7 Å². The molecular formula is C19H19N6O2+. The number of methoxy groups -OCH3 is 2. The number of nitrogen functional groups attached to an aromatic ring is 1. The first kappa shape index (κ1) is 17.8. The summed E-state index contributed by atoms with van der Waals surface area (Å²) in [5, 5.41) is 15.3. The largest absolute Gasteiger partial charge is 0.497 e. The molecule has 3 aromatic rings. The van der Waals surface area contributed by atoms with E-state index in [0.29, 0.717) is 40.2 Å². The molecular weight excluding hydrogens is 344 g/mol. The van der Waals surface area contributed by atoms with Gasteiger partial charge < -0.3 is 20.5 Å². The SMILES string of the molecule is COc1cc(Nc2nc(Nc3cccc(C#N)c3)[nH+]cc2N)cc(OC)c1. The maximum Gasteiger partial charge on any atom is 0.396 e. The zero-order valence-corrected chi connectivity index (χ0v) is 14.9. The van der Waals surface area contributed by atoms with Gasteiger partial charge in [0.25, 0.3) is 0 Å². The first-order valence-corrected chi connectivity index (χ1v) is 8.07. The van der Waals surface area contributed by atoms with E-state index in [2.05, 4.69) is 26.7 Å². The molecule has 2 aromatic carbocycles.